The van der Waals surface area contributed by atoms with Crippen molar-refractivity contribution < 1.29 is 24.0 Å². The summed E-state index contributed by atoms with van der Waals surface area (Å²) in [7, 11) is 4.01. The smallest absolute Gasteiger partial charge is 0.295 e. The van der Waals surface area contributed by atoms with Crippen LogP contribution in [0.3, 0.4) is 0 Å². The van der Waals surface area contributed by atoms with Gasteiger partial charge in [-0.15, -0.1) is 0 Å². The quantitative estimate of drug-likeness (QED) is 0.438. The fraction of sp³-hybridized carbons (Fsp3) is 0.273. The van der Waals surface area contributed by atoms with E-state index in [1.807, 2.05) is 14.1 Å². The summed E-state index contributed by atoms with van der Waals surface area (Å²) >= 11 is 5.98. The predicted molar refractivity (Wildman–Crippen MR) is 107 cm³/mol. The molecule has 152 valence electrons. The summed E-state index contributed by atoms with van der Waals surface area (Å²) in [5, 5.41) is 13.6. The zero-order valence-electron chi connectivity index (χ0n) is 16.2. The van der Waals surface area contributed by atoms with Crippen molar-refractivity contribution >= 4 is 29.1 Å². The van der Waals surface area contributed by atoms with Gasteiger partial charge >= 0.3 is 0 Å². The highest BCUT2D eigenvalue weighted by molar-refractivity contribution is 6.46. The normalized spacial score (nSPS) is 18.7. The molecule has 2 aromatic carbocycles. The lowest BCUT2D eigenvalue weighted by atomic mass is 9.95. The Hall–Kier alpha value is -2.70. The van der Waals surface area contributed by atoms with Gasteiger partial charge in [0.25, 0.3) is 5.91 Å². The lowest BCUT2D eigenvalue weighted by Crippen LogP contribution is -3.05. The molecule has 1 heterocycles. The number of quaternary nitrogens is 1. The third-order valence-electron chi connectivity index (χ3n) is 4.90. The zero-order chi connectivity index (χ0) is 21.1. The molecular formula is C22H22ClFN2O3. The van der Waals surface area contributed by atoms with Crippen molar-refractivity contribution in [1.29, 1.82) is 0 Å². The molecule has 5 nitrogen and oxygen atoms in total. The minimum absolute atomic E-state index is 0.110. The topological polar surface area (TPSA) is 64.9 Å². The number of carbonyl (C=O) groups is 2. The Kier molecular flexibility index (Phi) is 6.35. The van der Waals surface area contributed by atoms with Crippen LogP contribution in [0.2, 0.25) is 5.02 Å². The average Bonchev–Trinajstić information content (AvgIpc) is 2.93. The summed E-state index contributed by atoms with van der Waals surface area (Å²) in [5.41, 5.74) is 0.693. The van der Waals surface area contributed by atoms with Gasteiger partial charge in [-0.1, -0.05) is 41.6 Å². The van der Waals surface area contributed by atoms with E-state index in [1.54, 1.807) is 24.3 Å². The Labute approximate surface area is 174 Å². The third-order valence-corrected chi connectivity index (χ3v) is 5.15. The molecule has 7 heteroatoms. The molecule has 0 aromatic heterocycles. The molecule has 2 aromatic rings. The van der Waals surface area contributed by atoms with Gasteiger partial charge in [0.05, 0.1) is 26.7 Å². The summed E-state index contributed by atoms with van der Waals surface area (Å²) in [6.07, 6.45) is 0.684. The molecule has 1 aliphatic heterocycles. The minimum Gasteiger partial charge on any atom is -0.872 e. The number of benzene rings is 2. The number of ketones is 1. The highest BCUT2D eigenvalue weighted by Crippen LogP contribution is 2.38. The van der Waals surface area contributed by atoms with Gasteiger partial charge in [-0.05, 0) is 35.4 Å². The van der Waals surface area contributed by atoms with Gasteiger partial charge in [0.1, 0.15) is 5.82 Å². The Morgan fingerprint density at radius 2 is 1.72 bits per heavy atom. The van der Waals surface area contributed by atoms with Crippen LogP contribution in [0.5, 0.6) is 0 Å². The molecule has 1 fully saturated rings. The molecule has 1 amide bonds. The molecule has 0 bridgehead atoms. The first-order valence-corrected chi connectivity index (χ1v) is 9.74. The molecule has 1 unspecified atom stereocenters. The van der Waals surface area contributed by atoms with E-state index < -0.39 is 29.3 Å². The highest BCUT2D eigenvalue weighted by atomic mass is 35.5. The van der Waals surface area contributed by atoms with E-state index in [-0.39, 0.29) is 11.1 Å². The number of likely N-dealkylation sites (tertiary alicyclic amines) is 1. The second-order valence-corrected chi connectivity index (χ2v) is 7.78. The maximum atomic E-state index is 13.3. The van der Waals surface area contributed by atoms with Crippen LogP contribution in [0, 0.1) is 5.82 Å². The van der Waals surface area contributed by atoms with Crippen molar-refractivity contribution in [3.63, 3.8) is 0 Å². The Bertz CT molecular complexity index is 940. The van der Waals surface area contributed by atoms with Crippen molar-refractivity contribution in [1.82, 2.24) is 4.90 Å². The molecule has 29 heavy (non-hydrogen) atoms. The first-order chi connectivity index (χ1) is 13.8. The van der Waals surface area contributed by atoms with E-state index in [0.29, 0.717) is 23.6 Å². The van der Waals surface area contributed by atoms with Gasteiger partial charge in [-0.2, -0.15) is 0 Å². The number of hydrogen-bond acceptors (Lipinski definition) is 3. The zero-order valence-corrected chi connectivity index (χ0v) is 17.0. The van der Waals surface area contributed by atoms with Gasteiger partial charge < -0.3 is 14.9 Å². The standard InChI is InChI=1S/C22H22ClFN2O3/c1-25(2)12-3-13-26-19(14-4-8-16(23)9-5-14)18(21(28)22(26)29)20(27)15-6-10-17(24)11-7-15/h4-11,19,27H,3,12-13H2,1-2H3. The maximum absolute atomic E-state index is 13.3. The van der Waals surface area contributed by atoms with Gasteiger partial charge in [0, 0.05) is 23.6 Å². The monoisotopic (exact) mass is 416 g/mol. The van der Waals surface area contributed by atoms with E-state index in [4.69, 9.17) is 11.6 Å². The van der Waals surface area contributed by atoms with E-state index in [0.717, 1.165) is 18.7 Å². The fourth-order valence-corrected chi connectivity index (χ4v) is 3.58. The largest absolute Gasteiger partial charge is 0.872 e. The van der Waals surface area contributed by atoms with Crippen LogP contribution in [-0.2, 0) is 9.59 Å². The lowest BCUT2D eigenvalue weighted by molar-refractivity contribution is -0.858. The van der Waals surface area contributed by atoms with E-state index in [1.165, 1.54) is 21.9 Å². The number of nitrogens with one attached hydrogen (secondary N) is 1. The maximum Gasteiger partial charge on any atom is 0.295 e. The van der Waals surface area contributed by atoms with Crippen molar-refractivity contribution in [2.45, 2.75) is 12.5 Å². The molecule has 0 aliphatic carbocycles. The summed E-state index contributed by atoms with van der Waals surface area (Å²) in [5.74, 6) is -2.55. The molecule has 0 saturated carbocycles. The number of rotatable bonds is 6. The van der Waals surface area contributed by atoms with Crippen LogP contribution in [0.15, 0.2) is 54.1 Å². The Morgan fingerprint density at radius 3 is 2.31 bits per heavy atom. The van der Waals surface area contributed by atoms with Gasteiger partial charge in [-0.3, -0.25) is 9.59 Å². The molecule has 0 spiro atoms. The number of Topliss-reactive ketones (excluding diaryl/α,β-unsaturated/α-hetero) is 1. The van der Waals surface area contributed by atoms with Crippen LogP contribution < -0.4 is 10.0 Å². The van der Waals surface area contributed by atoms with Crippen LogP contribution in [0.4, 0.5) is 4.39 Å². The minimum atomic E-state index is -0.809. The highest BCUT2D eigenvalue weighted by Gasteiger charge is 2.43. The first kappa shape index (κ1) is 21.0. The van der Waals surface area contributed by atoms with E-state index >= 15 is 0 Å². The van der Waals surface area contributed by atoms with E-state index in [9.17, 15) is 19.1 Å². The van der Waals surface area contributed by atoms with Crippen LogP contribution >= 0.6 is 11.6 Å². The first-order valence-electron chi connectivity index (χ1n) is 9.36. The molecule has 1 N–H and O–H groups in total. The lowest BCUT2D eigenvalue weighted by Gasteiger charge is -2.27. The molecule has 0 radical (unpaired) electrons. The number of halogens is 2. The average molecular weight is 417 g/mol. The van der Waals surface area contributed by atoms with Crippen molar-refractivity contribution in [3.8, 4) is 0 Å². The second kappa shape index (κ2) is 8.76. The second-order valence-electron chi connectivity index (χ2n) is 7.34. The number of carbonyl (C=O) groups excluding carboxylic acids is 2. The van der Waals surface area contributed by atoms with Crippen LogP contribution in [-0.4, -0.2) is 43.8 Å². The molecule has 1 atom stereocenters. The number of nitrogens with zero attached hydrogens (tertiary/aromatic N) is 1. The SMILES string of the molecule is C[NH+](C)CCCN1C(=O)C(=O)C(=C([O-])c2ccc(F)cc2)C1c1ccc(Cl)cc1. The summed E-state index contributed by atoms with van der Waals surface area (Å²) in [6.45, 7) is 1.16. The summed E-state index contributed by atoms with van der Waals surface area (Å²) in [4.78, 5) is 28.2. The number of hydrogen-bond donors (Lipinski definition) is 1. The predicted octanol–water partition coefficient (Wildman–Crippen LogP) is 1.24. The van der Waals surface area contributed by atoms with Crippen LogP contribution in [0.25, 0.3) is 5.76 Å². The molecule has 1 aliphatic rings. The molecule has 1 saturated heterocycles. The van der Waals surface area contributed by atoms with Gasteiger partial charge in [-0.25, -0.2) is 4.39 Å². The Morgan fingerprint density at radius 1 is 1.10 bits per heavy atom. The van der Waals surface area contributed by atoms with Crippen molar-refractivity contribution in [2.75, 3.05) is 27.2 Å². The summed E-state index contributed by atoms with van der Waals surface area (Å²) < 4.78 is 13.3. The van der Waals surface area contributed by atoms with Crippen LogP contribution in [0.1, 0.15) is 23.6 Å². The Balaban J connectivity index is 2.07. The fourth-order valence-electron chi connectivity index (χ4n) is 3.45. The third kappa shape index (κ3) is 4.49. The molecule has 3 rings (SSSR count). The van der Waals surface area contributed by atoms with Crippen molar-refractivity contribution in [2.24, 2.45) is 0 Å². The van der Waals surface area contributed by atoms with E-state index in [2.05, 4.69) is 0 Å². The summed E-state index contributed by atoms with van der Waals surface area (Å²) in [6, 6.07) is 10.9. The van der Waals surface area contributed by atoms with Gasteiger partial charge in [0.2, 0.25) is 5.78 Å². The van der Waals surface area contributed by atoms with Crippen molar-refractivity contribution in [3.05, 3.63) is 76.1 Å². The van der Waals surface area contributed by atoms with Gasteiger partial charge in [0.15, 0.2) is 0 Å². The molecular weight excluding hydrogens is 395 g/mol. The number of amides is 1.